The van der Waals surface area contributed by atoms with E-state index in [4.69, 9.17) is 23.2 Å². The Balaban J connectivity index is 1.84. The van der Waals surface area contributed by atoms with Crippen molar-refractivity contribution in [1.29, 1.82) is 5.26 Å². The van der Waals surface area contributed by atoms with Gasteiger partial charge in [0.25, 0.3) is 0 Å². The molecule has 0 saturated heterocycles. The van der Waals surface area contributed by atoms with E-state index in [-0.39, 0.29) is 17.1 Å². The van der Waals surface area contributed by atoms with Crippen LogP contribution in [-0.4, -0.2) is 21.5 Å². The van der Waals surface area contributed by atoms with Crippen molar-refractivity contribution in [3.63, 3.8) is 0 Å². The fourth-order valence-electron chi connectivity index (χ4n) is 2.04. The second kappa shape index (κ2) is 7.26. The van der Waals surface area contributed by atoms with Gasteiger partial charge in [-0.05, 0) is 48.0 Å². The van der Waals surface area contributed by atoms with Crippen molar-refractivity contribution in [2.75, 3.05) is 5.32 Å². The first-order valence-corrected chi connectivity index (χ1v) is 7.86. The minimum absolute atomic E-state index is 0.169. The van der Waals surface area contributed by atoms with E-state index in [9.17, 15) is 10.4 Å². The van der Waals surface area contributed by atoms with Gasteiger partial charge in [0, 0.05) is 11.9 Å². The molecule has 3 aromatic rings. The average Bonchev–Trinajstić information content (AvgIpc) is 2.99. The highest BCUT2D eigenvalue weighted by atomic mass is 35.5. The van der Waals surface area contributed by atoms with Gasteiger partial charge in [-0.25, -0.2) is 4.99 Å². The molecular formula is C17H11Cl2N5O. The normalized spacial score (nSPS) is 10.8. The molecule has 1 heterocycles. The molecule has 8 heteroatoms. The van der Waals surface area contributed by atoms with E-state index in [1.807, 2.05) is 0 Å². The number of nitriles is 1. The van der Waals surface area contributed by atoms with Crippen LogP contribution in [0.5, 0.6) is 5.75 Å². The van der Waals surface area contributed by atoms with Crippen LogP contribution in [0.2, 0.25) is 10.0 Å². The monoisotopic (exact) mass is 371 g/mol. The zero-order chi connectivity index (χ0) is 17.8. The highest BCUT2D eigenvalue weighted by molar-refractivity contribution is 6.42. The van der Waals surface area contributed by atoms with Crippen LogP contribution in [0, 0.1) is 11.3 Å². The molecule has 0 atom stereocenters. The molecule has 25 heavy (non-hydrogen) atoms. The fraction of sp³-hybridized carbons (Fsp3) is 0. The van der Waals surface area contributed by atoms with E-state index < -0.39 is 0 Å². The zero-order valence-electron chi connectivity index (χ0n) is 12.7. The number of hydrogen-bond donors (Lipinski definition) is 3. The van der Waals surface area contributed by atoms with Crippen molar-refractivity contribution in [2.24, 2.45) is 4.99 Å². The van der Waals surface area contributed by atoms with E-state index in [2.05, 4.69) is 26.6 Å². The Labute approximate surface area is 153 Å². The van der Waals surface area contributed by atoms with Crippen LogP contribution in [0.4, 0.5) is 17.3 Å². The minimum Gasteiger partial charge on any atom is -0.508 e. The van der Waals surface area contributed by atoms with E-state index in [0.717, 1.165) is 5.56 Å². The number of hydrogen-bond acceptors (Lipinski definition) is 5. The number of rotatable bonds is 4. The molecule has 0 aliphatic carbocycles. The maximum absolute atomic E-state index is 9.39. The van der Waals surface area contributed by atoms with Crippen molar-refractivity contribution in [3.05, 3.63) is 63.6 Å². The van der Waals surface area contributed by atoms with Crippen molar-refractivity contribution in [1.82, 2.24) is 10.2 Å². The molecule has 0 saturated carbocycles. The Hall–Kier alpha value is -3.01. The van der Waals surface area contributed by atoms with E-state index in [1.54, 1.807) is 48.7 Å². The van der Waals surface area contributed by atoms with Gasteiger partial charge in [0.05, 0.1) is 10.0 Å². The summed E-state index contributed by atoms with van der Waals surface area (Å²) in [6.45, 7) is 0. The first kappa shape index (κ1) is 16.8. The van der Waals surface area contributed by atoms with Crippen molar-refractivity contribution >= 4 is 46.7 Å². The van der Waals surface area contributed by atoms with Gasteiger partial charge >= 0.3 is 0 Å². The summed E-state index contributed by atoms with van der Waals surface area (Å²) in [5, 5.41) is 29.3. The highest BCUT2D eigenvalue weighted by Crippen LogP contribution is 2.29. The van der Waals surface area contributed by atoms with E-state index >= 15 is 0 Å². The molecule has 0 bridgehead atoms. The molecule has 3 N–H and O–H groups in total. The largest absolute Gasteiger partial charge is 0.508 e. The fourth-order valence-corrected chi connectivity index (χ4v) is 2.33. The predicted octanol–water partition coefficient (Wildman–Crippen LogP) is 4.79. The number of benzene rings is 2. The molecule has 0 fully saturated rings. The lowest BCUT2D eigenvalue weighted by Crippen LogP contribution is -1.92. The SMILES string of the molecule is N#Cc1c(N=Cc2ccc(O)cc2)n[nH]c1Nc1ccc(Cl)c(Cl)c1. The van der Waals surface area contributed by atoms with Crippen molar-refractivity contribution < 1.29 is 5.11 Å². The van der Waals surface area contributed by atoms with E-state index in [0.29, 0.717) is 21.6 Å². The summed E-state index contributed by atoms with van der Waals surface area (Å²) in [5.41, 5.74) is 1.69. The van der Waals surface area contributed by atoms with Gasteiger partial charge in [-0.3, -0.25) is 5.10 Å². The molecule has 0 aliphatic heterocycles. The molecule has 0 radical (unpaired) electrons. The Morgan fingerprint density at radius 3 is 2.60 bits per heavy atom. The Bertz CT molecular complexity index is 974. The summed E-state index contributed by atoms with van der Waals surface area (Å²) in [4.78, 5) is 4.21. The number of aromatic amines is 1. The molecule has 0 amide bonds. The Kier molecular flexibility index (Phi) is 4.89. The molecule has 3 rings (SSSR count). The van der Waals surface area contributed by atoms with Crippen LogP contribution in [0.3, 0.4) is 0 Å². The first-order valence-electron chi connectivity index (χ1n) is 7.10. The number of phenols is 1. The third kappa shape index (κ3) is 3.91. The summed E-state index contributed by atoms with van der Waals surface area (Å²) in [5.74, 6) is 0.819. The van der Waals surface area contributed by atoms with Gasteiger partial charge in [-0.2, -0.15) is 10.4 Å². The molecule has 6 nitrogen and oxygen atoms in total. The number of aromatic hydroxyl groups is 1. The van der Waals surface area contributed by atoms with Crippen molar-refractivity contribution in [2.45, 2.75) is 0 Å². The summed E-state index contributed by atoms with van der Waals surface area (Å²) >= 11 is 11.9. The molecule has 0 unspecified atom stereocenters. The molecule has 0 spiro atoms. The topological polar surface area (TPSA) is 97.1 Å². The zero-order valence-corrected chi connectivity index (χ0v) is 14.2. The third-order valence-electron chi connectivity index (χ3n) is 3.28. The number of halogens is 2. The predicted molar refractivity (Wildman–Crippen MR) is 98.4 cm³/mol. The highest BCUT2D eigenvalue weighted by Gasteiger charge is 2.12. The number of nitrogens with zero attached hydrogens (tertiary/aromatic N) is 3. The smallest absolute Gasteiger partial charge is 0.193 e. The van der Waals surface area contributed by atoms with Gasteiger partial charge in [0.15, 0.2) is 5.82 Å². The number of nitrogens with one attached hydrogen (secondary N) is 2. The van der Waals surface area contributed by atoms with Crippen LogP contribution in [0.1, 0.15) is 11.1 Å². The van der Waals surface area contributed by atoms with Crippen LogP contribution < -0.4 is 5.32 Å². The number of anilines is 2. The summed E-state index contributed by atoms with van der Waals surface area (Å²) in [7, 11) is 0. The van der Waals surface area contributed by atoms with Crippen LogP contribution >= 0.6 is 23.2 Å². The third-order valence-corrected chi connectivity index (χ3v) is 4.02. The molecule has 1 aromatic heterocycles. The number of H-pyrrole nitrogens is 1. The minimum atomic E-state index is 0.169. The Morgan fingerprint density at radius 1 is 1.16 bits per heavy atom. The number of aliphatic imine (C=N–C) groups is 1. The maximum atomic E-state index is 9.39. The average molecular weight is 372 g/mol. The van der Waals surface area contributed by atoms with E-state index in [1.165, 1.54) is 0 Å². The van der Waals surface area contributed by atoms with Gasteiger partial charge in [-0.15, -0.1) is 0 Å². The summed E-state index contributed by atoms with van der Waals surface area (Å²) < 4.78 is 0. The molecule has 2 aromatic carbocycles. The summed E-state index contributed by atoms with van der Waals surface area (Å²) in [6.07, 6.45) is 1.55. The number of aromatic nitrogens is 2. The quantitative estimate of drug-likeness (QED) is 0.574. The van der Waals surface area contributed by atoms with Crippen LogP contribution in [0.25, 0.3) is 0 Å². The standard InChI is InChI=1S/C17H11Cl2N5O/c18-14-6-3-11(7-15(14)19)22-17-13(8-20)16(23-24-17)21-9-10-1-4-12(25)5-2-10/h1-7,9,25H,(H2,22,23,24). The van der Waals surface area contributed by atoms with Crippen molar-refractivity contribution in [3.8, 4) is 11.8 Å². The van der Waals surface area contributed by atoms with Gasteiger partial charge in [-0.1, -0.05) is 23.2 Å². The number of phenolic OH excluding ortho intramolecular Hbond substituents is 1. The maximum Gasteiger partial charge on any atom is 0.193 e. The van der Waals surface area contributed by atoms with Crippen LogP contribution in [-0.2, 0) is 0 Å². The second-order valence-electron chi connectivity index (χ2n) is 5.01. The second-order valence-corrected chi connectivity index (χ2v) is 5.83. The summed E-state index contributed by atoms with van der Waals surface area (Å²) in [6, 6.07) is 13.6. The van der Waals surface area contributed by atoms with Gasteiger partial charge < -0.3 is 10.4 Å². The van der Waals surface area contributed by atoms with Gasteiger partial charge in [0.2, 0.25) is 0 Å². The lowest BCUT2D eigenvalue weighted by Gasteiger charge is -2.05. The first-order chi connectivity index (χ1) is 12.1. The lowest BCUT2D eigenvalue weighted by molar-refractivity contribution is 0.475. The molecular weight excluding hydrogens is 361 g/mol. The Morgan fingerprint density at radius 2 is 1.92 bits per heavy atom. The molecule has 124 valence electrons. The molecule has 0 aliphatic rings. The lowest BCUT2D eigenvalue weighted by atomic mass is 10.2. The van der Waals surface area contributed by atoms with Crippen LogP contribution in [0.15, 0.2) is 47.5 Å². The van der Waals surface area contributed by atoms with Gasteiger partial charge in [0.1, 0.15) is 23.2 Å².